The number of hydrogen-bond donors (Lipinski definition) is 1. The third kappa shape index (κ3) is 6.71. The van der Waals surface area contributed by atoms with Crippen LogP contribution in [0.3, 0.4) is 0 Å². The predicted molar refractivity (Wildman–Crippen MR) is 110 cm³/mol. The Hall–Kier alpha value is -2.62. The summed E-state index contributed by atoms with van der Waals surface area (Å²) in [4.78, 5) is 14.3. The van der Waals surface area contributed by atoms with E-state index in [9.17, 15) is 4.79 Å². The van der Waals surface area contributed by atoms with Gasteiger partial charge in [-0.1, -0.05) is 56.3 Å². The predicted octanol–water partition coefficient (Wildman–Crippen LogP) is 4.40. The first-order chi connectivity index (χ1) is 12.7. The van der Waals surface area contributed by atoms with Crippen molar-refractivity contribution in [2.45, 2.75) is 39.5 Å². The van der Waals surface area contributed by atoms with E-state index in [0.29, 0.717) is 6.42 Å². The van der Waals surface area contributed by atoms with Crippen LogP contribution in [0.5, 0.6) is 0 Å². The number of amides is 1. The summed E-state index contributed by atoms with van der Waals surface area (Å²) in [5.74, 6) is -0.0706. The number of benzene rings is 2. The number of rotatable bonds is 10. The van der Waals surface area contributed by atoms with Crippen LogP contribution in [0.2, 0.25) is 0 Å². The Morgan fingerprint density at radius 3 is 2.27 bits per heavy atom. The van der Waals surface area contributed by atoms with Crippen molar-refractivity contribution in [3.05, 3.63) is 65.7 Å². The molecule has 2 aromatic rings. The quantitative estimate of drug-likeness (QED) is 0.509. The summed E-state index contributed by atoms with van der Waals surface area (Å²) in [7, 11) is 0. The van der Waals surface area contributed by atoms with Gasteiger partial charge in [-0.25, -0.2) is 5.43 Å². The van der Waals surface area contributed by atoms with Gasteiger partial charge in [-0.15, -0.1) is 0 Å². The highest BCUT2D eigenvalue weighted by Crippen LogP contribution is 2.15. The van der Waals surface area contributed by atoms with Crippen LogP contribution in [0.4, 0.5) is 5.69 Å². The summed E-state index contributed by atoms with van der Waals surface area (Å²) < 4.78 is 0. The Morgan fingerprint density at radius 1 is 1.00 bits per heavy atom. The third-order valence-electron chi connectivity index (χ3n) is 4.13. The average molecular weight is 351 g/mol. The molecular weight excluding hydrogens is 322 g/mol. The summed E-state index contributed by atoms with van der Waals surface area (Å²) in [6.07, 6.45) is 5.12. The van der Waals surface area contributed by atoms with E-state index >= 15 is 0 Å². The molecule has 26 heavy (non-hydrogen) atoms. The van der Waals surface area contributed by atoms with Gasteiger partial charge in [-0.05, 0) is 42.5 Å². The molecule has 0 saturated heterocycles. The number of nitrogens with zero attached hydrogens (tertiary/aromatic N) is 2. The highest BCUT2D eigenvalue weighted by atomic mass is 16.2. The minimum Gasteiger partial charge on any atom is -0.372 e. The summed E-state index contributed by atoms with van der Waals surface area (Å²) >= 11 is 0. The lowest BCUT2D eigenvalue weighted by molar-refractivity contribution is -0.121. The van der Waals surface area contributed by atoms with Gasteiger partial charge < -0.3 is 4.90 Å². The van der Waals surface area contributed by atoms with Crippen molar-refractivity contribution in [3.8, 4) is 0 Å². The maximum absolute atomic E-state index is 11.9. The van der Waals surface area contributed by atoms with Gasteiger partial charge in [0.15, 0.2) is 0 Å². The number of nitrogens with one attached hydrogen (secondary N) is 1. The van der Waals surface area contributed by atoms with Crippen molar-refractivity contribution in [2.75, 3.05) is 18.0 Å². The van der Waals surface area contributed by atoms with Gasteiger partial charge in [-0.2, -0.15) is 5.10 Å². The molecule has 0 fully saturated rings. The Morgan fingerprint density at radius 2 is 1.65 bits per heavy atom. The van der Waals surface area contributed by atoms with Crippen LogP contribution >= 0.6 is 0 Å². The zero-order valence-electron chi connectivity index (χ0n) is 15.8. The monoisotopic (exact) mass is 351 g/mol. The van der Waals surface area contributed by atoms with E-state index in [1.54, 1.807) is 6.21 Å². The topological polar surface area (TPSA) is 44.7 Å². The van der Waals surface area contributed by atoms with Crippen LogP contribution in [-0.4, -0.2) is 25.2 Å². The highest BCUT2D eigenvalue weighted by molar-refractivity contribution is 5.83. The van der Waals surface area contributed by atoms with E-state index in [2.05, 4.69) is 41.4 Å². The van der Waals surface area contributed by atoms with Crippen molar-refractivity contribution in [2.24, 2.45) is 5.10 Å². The molecule has 1 amide bonds. The smallest absolute Gasteiger partial charge is 0.240 e. The summed E-state index contributed by atoms with van der Waals surface area (Å²) in [6.45, 7) is 6.53. The van der Waals surface area contributed by atoms with Gasteiger partial charge in [0.1, 0.15) is 0 Å². The Labute approximate surface area is 156 Å². The van der Waals surface area contributed by atoms with Gasteiger partial charge in [0, 0.05) is 25.2 Å². The molecule has 0 saturated carbocycles. The average Bonchev–Trinajstić information content (AvgIpc) is 2.68. The second-order valence-corrected chi connectivity index (χ2v) is 6.36. The Kier molecular flexibility index (Phi) is 8.40. The van der Waals surface area contributed by atoms with Crippen molar-refractivity contribution >= 4 is 17.8 Å². The maximum atomic E-state index is 11.9. The number of carbonyl (C=O) groups excluding carboxylic acids is 1. The lowest BCUT2D eigenvalue weighted by Crippen LogP contribution is -2.24. The highest BCUT2D eigenvalue weighted by Gasteiger charge is 2.04. The van der Waals surface area contributed by atoms with E-state index in [-0.39, 0.29) is 5.91 Å². The van der Waals surface area contributed by atoms with Crippen LogP contribution in [0.1, 0.15) is 44.2 Å². The molecule has 138 valence electrons. The van der Waals surface area contributed by atoms with Crippen molar-refractivity contribution in [3.63, 3.8) is 0 Å². The minimum absolute atomic E-state index is 0.0706. The molecule has 2 aromatic carbocycles. The normalized spacial score (nSPS) is 10.8. The zero-order valence-corrected chi connectivity index (χ0v) is 15.8. The van der Waals surface area contributed by atoms with Crippen LogP contribution < -0.4 is 10.3 Å². The largest absolute Gasteiger partial charge is 0.372 e. The van der Waals surface area contributed by atoms with E-state index in [1.165, 1.54) is 5.69 Å². The number of carbonyl (C=O) groups is 1. The number of hydrogen-bond acceptors (Lipinski definition) is 3. The summed E-state index contributed by atoms with van der Waals surface area (Å²) in [5.41, 5.74) is 5.97. The fraction of sp³-hybridized carbons (Fsp3) is 0.364. The molecule has 0 aromatic heterocycles. The number of aryl methyl sites for hydroxylation is 1. The molecule has 0 atom stereocenters. The third-order valence-corrected chi connectivity index (χ3v) is 4.13. The van der Waals surface area contributed by atoms with Gasteiger partial charge in [0.25, 0.3) is 0 Å². The molecule has 4 heteroatoms. The molecule has 1 N–H and O–H groups in total. The van der Waals surface area contributed by atoms with Crippen molar-refractivity contribution < 1.29 is 4.79 Å². The molecule has 4 nitrogen and oxygen atoms in total. The molecule has 0 unspecified atom stereocenters. The molecule has 2 rings (SSSR count). The first-order valence-corrected chi connectivity index (χ1v) is 9.43. The van der Waals surface area contributed by atoms with Crippen LogP contribution in [0.25, 0.3) is 0 Å². The van der Waals surface area contributed by atoms with E-state index in [1.807, 2.05) is 42.5 Å². The van der Waals surface area contributed by atoms with Crippen LogP contribution in [0.15, 0.2) is 59.7 Å². The van der Waals surface area contributed by atoms with E-state index in [0.717, 1.165) is 43.5 Å². The second kappa shape index (κ2) is 11.1. The maximum Gasteiger partial charge on any atom is 0.240 e. The Balaban J connectivity index is 1.81. The van der Waals surface area contributed by atoms with E-state index in [4.69, 9.17) is 0 Å². The molecule has 0 bridgehead atoms. The van der Waals surface area contributed by atoms with Gasteiger partial charge in [0.2, 0.25) is 5.91 Å². The molecule has 0 aliphatic carbocycles. The lowest BCUT2D eigenvalue weighted by Gasteiger charge is -2.23. The van der Waals surface area contributed by atoms with Crippen LogP contribution in [0, 0.1) is 0 Å². The van der Waals surface area contributed by atoms with Gasteiger partial charge in [-0.3, -0.25) is 4.79 Å². The standard InChI is InChI=1S/C22H29N3O/c1-3-16-25(17-4-2)21-13-10-20(11-14-21)18-23-24-22(26)15-12-19-8-6-5-7-9-19/h5-11,13-14,18H,3-4,12,15-17H2,1-2H3,(H,24,26)/b23-18+. The number of anilines is 1. The fourth-order valence-electron chi connectivity index (χ4n) is 2.82. The minimum atomic E-state index is -0.0706. The molecule has 0 aliphatic heterocycles. The van der Waals surface area contributed by atoms with Crippen molar-refractivity contribution in [1.82, 2.24) is 5.43 Å². The molecule has 0 heterocycles. The summed E-state index contributed by atoms with van der Waals surface area (Å²) in [6, 6.07) is 18.3. The van der Waals surface area contributed by atoms with Gasteiger partial charge in [0.05, 0.1) is 6.21 Å². The molecule has 0 spiro atoms. The van der Waals surface area contributed by atoms with Crippen LogP contribution in [-0.2, 0) is 11.2 Å². The Bertz CT molecular complexity index is 674. The lowest BCUT2D eigenvalue weighted by atomic mass is 10.1. The first kappa shape index (κ1) is 19.7. The summed E-state index contributed by atoms with van der Waals surface area (Å²) in [5, 5.41) is 4.06. The SMILES string of the molecule is CCCN(CCC)c1ccc(/C=N/NC(=O)CCc2ccccc2)cc1. The molecule has 0 aliphatic rings. The fourth-order valence-corrected chi connectivity index (χ4v) is 2.82. The van der Waals surface area contributed by atoms with Gasteiger partial charge >= 0.3 is 0 Å². The second-order valence-electron chi connectivity index (χ2n) is 6.36. The molecule has 0 radical (unpaired) electrons. The number of hydrazone groups is 1. The van der Waals surface area contributed by atoms with Crippen molar-refractivity contribution in [1.29, 1.82) is 0 Å². The zero-order chi connectivity index (χ0) is 18.6. The van der Waals surface area contributed by atoms with E-state index < -0.39 is 0 Å². The first-order valence-electron chi connectivity index (χ1n) is 9.43. The molecular formula is C22H29N3O.